The quantitative estimate of drug-likeness (QED) is 0.716. The maximum absolute atomic E-state index is 11.4. The number of ether oxygens (including phenoxy) is 3. The predicted octanol–water partition coefficient (Wildman–Crippen LogP) is 2.69. The topological polar surface area (TPSA) is 56.8 Å². The molecule has 0 saturated carbocycles. The lowest BCUT2D eigenvalue weighted by Gasteiger charge is -2.29. The van der Waals surface area contributed by atoms with Crippen LogP contribution in [0.25, 0.3) is 0 Å². The number of carbonyl (C=O) groups excluding carboxylic acids is 1. The van der Waals surface area contributed by atoms with Gasteiger partial charge < -0.3 is 19.5 Å². The summed E-state index contributed by atoms with van der Waals surface area (Å²) in [6, 6.07) is 0. The largest absolute Gasteiger partial charge is 0.444 e. The van der Waals surface area contributed by atoms with Gasteiger partial charge in [0.1, 0.15) is 5.60 Å². The van der Waals surface area contributed by atoms with Crippen molar-refractivity contribution in [1.82, 2.24) is 5.32 Å². The van der Waals surface area contributed by atoms with Crippen LogP contribution in [0.3, 0.4) is 0 Å². The molecule has 0 radical (unpaired) electrons. The van der Waals surface area contributed by atoms with E-state index >= 15 is 0 Å². The van der Waals surface area contributed by atoms with Gasteiger partial charge in [0.2, 0.25) is 0 Å². The molecule has 0 heterocycles. The second-order valence-electron chi connectivity index (χ2n) is 5.18. The molecule has 5 nitrogen and oxygen atoms in total. The Balaban J connectivity index is 4.03. The molecule has 0 aromatic heterocycles. The third-order valence-corrected chi connectivity index (χ3v) is 2.15. The molecule has 0 rings (SSSR count). The van der Waals surface area contributed by atoms with E-state index in [0.29, 0.717) is 26.2 Å². The molecule has 0 aromatic rings. The highest BCUT2D eigenvalue weighted by atomic mass is 16.7. The summed E-state index contributed by atoms with van der Waals surface area (Å²) in [5, 5.41) is 2.69. The Labute approximate surface area is 110 Å². The molecule has 1 amide bonds. The van der Waals surface area contributed by atoms with E-state index in [9.17, 15) is 4.79 Å². The molecular formula is C13H27NO4. The molecule has 0 aliphatic carbocycles. The molecule has 0 unspecified atom stereocenters. The summed E-state index contributed by atoms with van der Waals surface area (Å²) in [5.74, 6) is -0.654. The number of hydrogen-bond acceptors (Lipinski definition) is 4. The molecule has 1 N–H and O–H groups in total. The van der Waals surface area contributed by atoms with E-state index in [1.165, 1.54) is 0 Å². The van der Waals surface area contributed by atoms with E-state index in [4.69, 9.17) is 14.2 Å². The maximum atomic E-state index is 11.4. The van der Waals surface area contributed by atoms with Crippen molar-refractivity contribution in [2.24, 2.45) is 0 Å². The Kier molecular flexibility index (Phi) is 7.25. The molecule has 0 aromatic carbocycles. The summed E-state index contributed by atoms with van der Waals surface area (Å²) >= 11 is 0. The Bertz CT molecular complexity index is 242. The molecular weight excluding hydrogens is 234 g/mol. The maximum Gasteiger partial charge on any atom is 0.407 e. The van der Waals surface area contributed by atoms with E-state index in [0.717, 1.165) is 0 Å². The van der Waals surface area contributed by atoms with E-state index < -0.39 is 17.5 Å². The van der Waals surface area contributed by atoms with Gasteiger partial charge in [-0.05, 0) is 41.5 Å². The summed E-state index contributed by atoms with van der Waals surface area (Å²) in [7, 11) is 0. The minimum Gasteiger partial charge on any atom is -0.444 e. The van der Waals surface area contributed by atoms with Crippen LogP contribution in [0, 0.1) is 0 Å². The van der Waals surface area contributed by atoms with E-state index in [2.05, 4.69) is 5.32 Å². The van der Waals surface area contributed by atoms with Crippen molar-refractivity contribution in [3.63, 3.8) is 0 Å². The van der Waals surface area contributed by atoms with Crippen LogP contribution < -0.4 is 5.32 Å². The lowest BCUT2D eigenvalue weighted by Crippen LogP contribution is -2.39. The number of carbonyl (C=O) groups is 1. The highest BCUT2D eigenvalue weighted by Crippen LogP contribution is 2.16. The average molecular weight is 261 g/mol. The van der Waals surface area contributed by atoms with E-state index in [1.54, 1.807) is 0 Å². The Morgan fingerprint density at radius 2 is 1.56 bits per heavy atom. The monoisotopic (exact) mass is 261 g/mol. The number of alkyl carbamates (subject to hydrolysis) is 1. The molecule has 0 atom stereocenters. The highest BCUT2D eigenvalue weighted by Gasteiger charge is 2.25. The van der Waals surface area contributed by atoms with Gasteiger partial charge in [-0.25, -0.2) is 4.79 Å². The zero-order valence-corrected chi connectivity index (χ0v) is 12.5. The molecule has 108 valence electrons. The first-order valence-corrected chi connectivity index (χ1v) is 6.47. The fourth-order valence-corrected chi connectivity index (χ4v) is 1.50. The fourth-order valence-electron chi connectivity index (χ4n) is 1.50. The van der Waals surface area contributed by atoms with Crippen LogP contribution in [-0.2, 0) is 14.2 Å². The second-order valence-corrected chi connectivity index (χ2v) is 5.18. The van der Waals surface area contributed by atoms with Crippen molar-refractivity contribution in [1.29, 1.82) is 0 Å². The summed E-state index contributed by atoms with van der Waals surface area (Å²) in [6.07, 6.45) is 0.159. The first kappa shape index (κ1) is 17.2. The van der Waals surface area contributed by atoms with Gasteiger partial charge in [0.05, 0.1) is 0 Å². The summed E-state index contributed by atoms with van der Waals surface area (Å²) in [6.45, 7) is 12.8. The summed E-state index contributed by atoms with van der Waals surface area (Å²) in [5.41, 5.74) is -0.479. The lowest BCUT2D eigenvalue weighted by molar-refractivity contribution is -0.223. The van der Waals surface area contributed by atoms with Crippen LogP contribution in [0.2, 0.25) is 0 Å². The first-order chi connectivity index (χ1) is 8.22. The van der Waals surface area contributed by atoms with Crippen molar-refractivity contribution < 1.29 is 19.0 Å². The number of nitrogens with one attached hydrogen (secondary N) is 1. The van der Waals surface area contributed by atoms with Gasteiger partial charge in [-0.2, -0.15) is 0 Å². The van der Waals surface area contributed by atoms with Crippen molar-refractivity contribution in [2.45, 2.75) is 59.4 Å². The zero-order chi connectivity index (χ0) is 14.2. The fraction of sp³-hybridized carbons (Fsp3) is 0.923. The Morgan fingerprint density at radius 3 is 1.94 bits per heavy atom. The molecule has 0 aliphatic heterocycles. The van der Waals surface area contributed by atoms with Gasteiger partial charge in [0.25, 0.3) is 0 Å². The van der Waals surface area contributed by atoms with Gasteiger partial charge in [0.15, 0.2) is 5.79 Å². The Hall–Kier alpha value is -0.810. The number of amides is 1. The van der Waals surface area contributed by atoms with Gasteiger partial charge in [-0.15, -0.1) is 0 Å². The number of hydrogen-bond donors (Lipinski definition) is 1. The van der Waals surface area contributed by atoms with Crippen LogP contribution in [-0.4, -0.2) is 37.2 Å². The van der Waals surface area contributed by atoms with Crippen LogP contribution in [0.4, 0.5) is 4.79 Å². The molecule has 0 fully saturated rings. The molecule has 0 bridgehead atoms. The standard InChI is InChI=1S/C13H27NO4/c1-7-16-13(6,17-8-2)9-10-14-11(15)18-12(3,4)5/h7-10H2,1-6H3,(H,14,15). The van der Waals surface area contributed by atoms with Gasteiger partial charge >= 0.3 is 6.09 Å². The summed E-state index contributed by atoms with van der Waals surface area (Å²) < 4.78 is 16.2. The SMILES string of the molecule is CCOC(C)(CCNC(=O)OC(C)(C)C)OCC. The van der Waals surface area contributed by atoms with Crippen molar-refractivity contribution >= 4 is 6.09 Å². The van der Waals surface area contributed by atoms with Crippen LogP contribution in [0.15, 0.2) is 0 Å². The zero-order valence-electron chi connectivity index (χ0n) is 12.5. The van der Waals surface area contributed by atoms with Crippen molar-refractivity contribution in [3.8, 4) is 0 Å². The third-order valence-electron chi connectivity index (χ3n) is 2.15. The highest BCUT2D eigenvalue weighted by molar-refractivity contribution is 5.67. The molecule has 0 spiro atoms. The van der Waals surface area contributed by atoms with Crippen LogP contribution >= 0.6 is 0 Å². The van der Waals surface area contributed by atoms with Crippen LogP contribution in [0.5, 0.6) is 0 Å². The van der Waals surface area contributed by atoms with E-state index in [1.807, 2.05) is 41.5 Å². The molecule has 5 heteroatoms. The number of rotatable bonds is 7. The molecule has 0 aliphatic rings. The van der Waals surface area contributed by atoms with Crippen molar-refractivity contribution in [2.75, 3.05) is 19.8 Å². The van der Waals surface area contributed by atoms with Gasteiger partial charge in [-0.1, -0.05) is 0 Å². The average Bonchev–Trinajstić information content (AvgIpc) is 2.14. The van der Waals surface area contributed by atoms with E-state index in [-0.39, 0.29) is 0 Å². The van der Waals surface area contributed by atoms with Gasteiger partial charge in [0, 0.05) is 26.2 Å². The van der Waals surface area contributed by atoms with Crippen LogP contribution in [0.1, 0.15) is 48.0 Å². The summed E-state index contributed by atoms with van der Waals surface area (Å²) in [4.78, 5) is 11.4. The van der Waals surface area contributed by atoms with Crippen molar-refractivity contribution in [3.05, 3.63) is 0 Å². The lowest BCUT2D eigenvalue weighted by atomic mass is 10.2. The second kappa shape index (κ2) is 7.59. The molecule has 0 saturated heterocycles. The first-order valence-electron chi connectivity index (χ1n) is 6.47. The smallest absolute Gasteiger partial charge is 0.407 e. The minimum atomic E-state index is -0.654. The normalized spacial score (nSPS) is 12.3. The Morgan fingerprint density at radius 1 is 1.06 bits per heavy atom. The predicted molar refractivity (Wildman–Crippen MR) is 70.5 cm³/mol. The molecule has 18 heavy (non-hydrogen) atoms. The third kappa shape index (κ3) is 8.31. The van der Waals surface area contributed by atoms with Gasteiger partial charge in [-0.3, -0.25) is 0 Å². The minimum absolute atomic E-state index is 0.419.